The quantitative estimate of drug-likeness (QED) is 0.791. The van der Waals surface area contributed by atoms with Crippen molar-refractivity contribution in [2.75, 3.05) is 12.3 Å². The predicted octanol–water partition coefficient (Wildman–Crippen LogP) is 4.19. The Morgan fingerprint density at radius 1 is 1.09 bits per heavy atom. The van der Waals surface area contributed by atoms with Crippen LogP contribution in [-0.4, -0.2) is 28.3 Å². The monoisotopic (exact) mass is 325 g/mol. The highest BCUT2D eigenvalue weighted by Gasteiger charge is 2.25. The Kier molecular flexibility index (Phi) is 4.78. The van der Waals surface area contributed by atoms with Gasteiger partial charge in [-0.05, 0) is 24.3 Å². The number of carbonyl (C=O) groups is 2. The molecule has 0 saturated carbocycles. The van der Waals surface area contributed by atoms with Gasteiger partial charge in [0.1, 0.15) is 11.5 Å². The van der Waals surface area contributed by atoms with E-state index in [9.17, 15) is 9.59 Å². The van der Waals surface area contributed by atoms with Gasteiger partial charge in [-0.25, -0.2) is 0 Å². The highest BCUT2D eigenvalue weighted by molar-refractivity contribution is 8.13. The van der Waals surface area contributed by atoms with E-state index >= 15 is 0 Å². The third-order valence-electron chi connectivity index (χ3n) is 3.32. The molecule has 0 N–H and O–H groups in total. The van der Waals surface area contributed by atoms with Gasteiger partial charge in [-0.15, -0.1) is 0 Å². The van der Waals surface area contributed by atoms with Crippen molar-refractivity contribution in [3.8, 4) is 11.5 Å². The largest absolute Gasteiger partial charge is 0.457 e. The van der Waals surface area contributed by atoms with E-state index in [4.69, 9.17) is 4.74 Å². The molecule has 4 nitrogen and oxygen atoms in total. The number of para-hydroxylation sites is 2. The van der Waals surface area contributed by atoms with Gasteiger partial charge in [0.15, 0.2) is 0 Å². The van der Waals surface area contributed by atoms with Gasteiger partial charge in [-0.1, -0.05) is 48.2 Å². The van der Waals surface area contributed by atoms with Crippen LogP contribution in [0.4, 0.5) is 4.79 Å². The molecule has 0 bridgehead atoms. The van der Waals surface area contributed by atoms with Crippen molar-refractivity contribution in [1.82, 2.24) is 4.90 Å². The van der Waals surface area contributed by atoms with E-state index in [2.05, 4.69) is 0 Å². The van der Waals surface area contributed by atoms with Gasteiger partial charge in [0, 0.05) is 23.9 Å². The summed E-state index contributed by atoms with van der Waals surface area (Å²) in [4.78, 5) is 24.9. The Morgan fingerprint density at radius 3 is 2.57 bits per heavy atom. The van der Waals surface area contributed by atoms with Gasteiger partial charge >= 0.3 is 0 Å². The molecule has 1 aliphatic heterocycles. The minimum absolute atomic E-state index is 0.187. The summed E-state index contributed by atoms with van der Waals surface area (Å²) in [5.41, 5.74) is 0.781. The van der Waals surface area contributed by atoms with Crippen molar-refractivity contribution >= 4 is 29.0 Å². The molecule has 2 amide bonds. The number of carbonyl (C=O) groups excluding carboxylic acids is 2. The van der Waals surface area contributed by atoms with Crippen LogP contribution in [0.1, 0.15) is 5.56 Å². The molecule has 0 aromatic heterocycles. The molecule has 23 heavy (non-hydrogen) atoms. The highest BCUT2D eigenvalue weighted by Crippen LogP contribution is 2.26. The zero-order valence-corrected chi connectivity index (χ0v) is 13.2. The average molecular weight is 325 g/mol. The van der Waals surface area contributed by atoms with Gasteiger partial charge in [0.05, 0.1) is 0 Å². The first-order chi connectivity index (χ1) is 11.2. The highest BCUT2D eigenvalue weighted by atomic mass is 32.2. The van der Waals surface area contributed by atoms with E-state index in [1.165, 1.54) is 22.7 Å². The van der Waals surface area contributed by atoms with E-state index in [1.807, 2.05) is 54.6 Å². The molecule has 0 aliphatic carbocycles. The summed E-state index contributed by atoms with van der Waals surface area (Å²) >= 11 is 1.17. The second kappa shape index (κ2) is 7.15. The van der Waals surface area contributed by atoms with E-state index < -0.39 is 0 Å². The average Bonchev–Trinajstić information content (AvgIpc) is 3.01. The number of thioether (sulfide) groups is 1. The van der Waals surface area contributed by atoms with Crippen LogP contribution >= 0.6 is 11.8 Å². The Morgan fingerprint density at radius 2 is 1.83 bits per heavy atom. The molecular weight excluding hydrogens is 310 g/mol. The van der Waals surface area contributed by atoms with Crippen molar-refractivity contribution in [3.63, 3.8) is 0 Å². The Hall–Kier alpha value is -2.53. The standard InChI is InChI=1S/C18H15NO3S/c20-17(19-12-13-23-18(19)21)11-10-14-6-4-5-9-16(14)22-15-7-2-1-3-8-15/h1-11H,12-13H2. The molecular formula is C18H15NO3S. The number of nitrogens with zero attached hydrogens (tertiary/aromatic N) is 1. The molecule has 1 heterocycles. The third kappa shape index (κ3) is 3.81. The van der Waals surface area contributed by atoms with Gasteiger partial charge in [-0.3, -0.25) is 14.5 Å². The number of imide groups is 1. The zero-order valence-electron chi connectivity index (χ0n) is 12.3. The number of amides is 2. The van der Waals surface area contributed by atoms with Crippen LogP contribution < -0.4 is 4.74 Å². The summed E-state index contributed by atoms with van der Waals surface area (Å²) in [6, 6.07) is 16.9. The maximum absolute atomic E-state index is 12.1. The fourth-order valence-electron chi connectivity index (χ4n) is 2.17. The molecule has 3 rings (SSSR count). The molecule has 0 unspecified atom stereocenters. The first kappa shape index (κ1) is 15.4. The summed E-state index contributed by atoms with van der Waals surface area (Å²) < 4.78 is 5.84. The van der Waals surface area contributed by atoms with Crippen LogP contribution in [0.15, 0.2) is 60.7 Å². The molecule has 0 radical (unpaired) electrons. The third-order valence-corrected chi connectivity index (χ3v) is 4.18. The fourth-order valence-corrected chi connectivity index (χ4v) is 2.96. The first-order valence-electron chi connectivity index (χ1n) is 7.22. The minimum Gasteiger partial charge on any atom is -0.457 e. The van der Waals surface area contributed by atoms with Crippen LogP contribution in [0.5, 0.6) is 11.5 Å². The molecule has 1 aliphatic rings. The molecule has 1 fully saturated rings. The number of rotatable bonds is 4. The van der Waals surface area contributed by atoms with Crippen molar-refractivity contribution in [3.05, 3.63) is 66.2 Å². The summed E-state index contributed by atoms with van der Waals surface area (Å²) in [6.07, 6.45) is 3.09. The Balaban J connectivity index is 1.76. The molecule has 116 valence electrons. The fraction of sp³-hybridized carbons (Fsp3) is 0.111. The molecule has 0 spiro atoms. The molecule has 2 aromatic carbocycles. The topological polar surface area (TPSA) is 46.6 Å². The summed E-state index contributed by atoms with van der Waals surface area (Å²) in [5.74, 6) is 1.75. The molecule has 5 heteroatoms. The maximum Gasteiger partial charge on any atom is 0.288 e. The summed E-state index contributed by atoms with van der Waals surface area (Å²) in [5, 5.41) is -0.187. The van der Waals surface area contributed by atoms with Gasteiger partial charge in [0.25, 0.3) is 11.1 Å². The van der Waals surface area contributed by atoms with Gasteiger partial charge in [-0.2, -0.15) is 0 Å². The second-order valence-corrected chi connectivity index (χ2v) is 5.94. The normalized spacial score (nSPS) is 14.4. The second-order valence-electron chi connectivity index (χ2n) is 4.89. The number of hydrogen-bond acceptors (Lipinski definition) is 4. The van der Waals surface area contributed by atoms with Crippen molar-refractivity contribution in [1.29, 1.82) is 0 Å². The number of benzene rings is 2. The van der Waals surface area contributed by atoms with E-state index in [-0.39, 0.29) is 11.1 Å². The van der Waals surface area contributed by atoms with Crippen LogP contribution in [0.3, 0.4) is 0 Å². The van der Waals surface area contributed by atoms with Crippen LogP contribution in [0.2, 0.25) is 0 Å². The smallest absolute Gasteiger partial charge is 0.288 e. The van der Waals surface area contributed by atoms with E-state index in [0.29, 0.717) is 18.0 Å². The van der Waals surface area contributed by atoms with Crippen LogP contribution in [0, 0.1) is 0 Å². The lowest BCUT2D eigenvalue weighted by Gasteiger charge is -2.10. The van der Waals surface area contributed by atoms with Crippen LogP contribution in [0.25, 0.3) is 6.08 Å². The molecule has 2 aromatic rings. The maximum atomic E-state index is 12.1. The Labute approximate surface area is 138 Å². The lowest BCUT2D eigenvalue weighted by atomic mass is 10.2. The SMILES string of the molecule is O=C(C=Cc1ccccc1Oc1ccccc1)N1CCSC1=O. The number of ether oxygens (including phenoxy) is 1. The van der Waals surface area contributed by atoms with Crippen LogP contribution in [-0.2, 0) is 4.79 Å². The summed E-state index contributed by atoms with van der Waals surface area (Å²) in [7, 11) is 0. The molecule has 0 atom stereocenters. The number of hydrogen-bond donors (Lipinski definition) is 0. The zero-order chi connectivity index (χ0) is 16.1. The lowest BCUT2D eigenvalue weighted by Crippen LogP contribution is -2.28. The van der Waals surface area contributed by atoms with Gasteiger partial charge < -0.3 is 4.74 Å². The Bertz CT molecular complexity index is 743. The molecule has 1 saturated heterocycles. The van der Waals surface area contributed by atoms with Crippen molar-refractivity contribution in [2.45, 2.75) is 0 Å². The van der Waals surface area contributed by atoms with Crippen molar-refractivity contribution in [2.24, 2.45) is 0 Å². The first-order valence-corrected chi connectivity index (χ1v) is 8.21. The minimum atomic E-state index is -0.297. The van der Waals surface area contributed by atoms with Gasteiger partial charge in [0.2, 0.25) is 0 Å². The van der Waals surface area contributed by atoms with E-state index in [0.717, 1.165) is 11.3 Å². The predicted molar refractivity (Wildman–Crippen MR) is 91.6 cm³/mol. The van der Waals surface area contributed by atoms with E-state index in [1.54, 1.807) is 6.08 Å². The summed E-state index contributed by atoms with van der Waals surface area (Å²) in [6.45, 7) is 0.467. The van der Waals surface area contributed by atoms with Crippen molar-refractivity contribution < 1.29 is 14.3 Å². The lowest BCUT2D eigenvalue weighted by molar-refractivity contribution is -0.122.